The van der Waals surface area contributed by atoms with Crippen LogP contribution in [0.25, 0.3) is 0 Å². The lowest BCUT2D eigenvalue weighted by atomic mass is 10.1. The van der Waals surface area contributed by atoms with Crippen LogP contribution >= 0.6 is 0 Å². The Bertz CT molecular complexity index is 393. The second-order valence-electron chi connectivity index (χ2n) is 6.06. The average molecular weight is 374 g/mol. The molecule has 0 aromatic heterocycles. The monoisotopic (exact) mass is 374 g/mol. The van der Waals surface area contributed by atoms with Gasteiger partial charge < -0.3 is 19.7 Å². The Hall–Kier alpha value is -2.12. The van der Waals surface area contributed by atoms with E-state index in [4.69, 9.17) is 19.7 Å². The van der Waals surface area contributed by atoms with E-state index in [1.807, 2.05) is 0 Å². The molecule has 0 aliphatic carbocycles. The molecule has 0 aromatic rings. The fourth-order valence-corrected chi connectivity index (χ4v) is 2.21. The minimum absolute atomic E-state index is 0.00313. The average Bonchev–Trinajstić information content (AvgIpc) is 2.57. The summed E-state index contributed by atoms with van der Waals surface area (Å²) in [6.45, 7) is 0.301. The van der Waals surface area contributed by atoms with Gasteiger partial charge in [0.25, 0.3) is 0 Å². The summed E-state index contributed by atoms with van der Waals surface area (Å²) in [4.78, 5) is 43.4. The molecule has 0 bridgehead atoms. The molecule has 0 saturated carbocycles. The summed E-state index contributed by atoms with van der Waals surface area (Å²) in [7, 11) is 0. The molecule has 2 N–H and O–H groups in total. The molecule has 8 heteroatoms. The van der Waals surface area contributed by atoms with Crippen LogP contribution in [0, 0.1) is 0 Å². The molecule has 0 aliphatic rings. The van der Waals surface area contributed by atoms with Gasteiger partial charge in [0.15, 0.2) is 0 Å². The first kappa shape index (κ1) is 23.9. The van der Waals surface area contributed by atoms with E-state index in [-0.39, 0.29) is 38.0 Å². The predicted octanol–water partition coefficient (Wildman–Crippen LogP) is 2.92. The number of hydrogen-bond donors (Lipinski definition) is 2. The zero-order chi connectivity index (χ0) is 19.6. The van der Waals surface area contributed by atoms with Crippen LogP contribution in [0.4, 0.5) is 0 Å². The van der Waals surface area contributed by atoms with Gasteiger partial charge in [-0.15, -0.1) is 0 Å². The molecule has 0 aromatic carbocycles. The minimum Gasteiger partial charge on any atom is -0.481 e. The number of aliphatic carboxylic acids is 2. The first-order chi connectivity index (χ1) is 12.4. The molecule has 0 aliphatic heterocycles. The van der Waals surface area contributed by atoms with E-state index < -0.39 is 11.9 Å². The molecule has 0 unspecified atom stereocenters. The van der Waals surface area contributed by atoms with Crippen molar-refractivity contribution < 1.29 is 38.9 Å². The molecule has 150 valence electrons. The maximum atomic E-state index is 11.4. The van der Waals surface area contributed by atoms with Gasteiger partial charge in [0.1, 0.15) is 0 Å². The molecule has 0 spiro atoms. The van der Waals surface area contributed by atoms with E-state index in [1.165, 1.54) is 0 Å². The van der Waals surface area contributed by atoms with Crippen LogP contribution in [0.1, 0.15) is 77.0 Å². The Kier molecular flexibility index (Phi) is 15.0. The number of esters is 2. The SMILES string of the molecule is O=C(O)CCCOC(=O)CCCCCCCCC(=O)OCCCC(=O)O. The highest BCUT2D eigenvalue weighted by Crippen LogP contribution is 2.10. The van der Waals surface area contributed by atoms with E-state index in [1.54, 1.807) is 0 Å². The van der Waals surface area contributed by atoms with Crippen molar-refractivity contribution in [2.75, 3.05) is 13.2 Å². The zero-order valence-corrected chi connectivity index (χ0v) is 15.2. The van der Waals surface area contributed by atoms with E-state index in [0.29, 0.717) is 25.7 Å². The Balaban J connectivity index is 3.32. The maximum Gasteiger partial charge on any atom is 0.305 e. The quantitative estimate of drug-likeness (QED) is 0.294. The van der Waals surface area contributed by atoms with Crippen LogP contribution in [-0.2, 0) is 28.7 Å². The molecular weight excluding hydrogens is 344 g/mol. The molecular formula is C18H30O8. The van der Waals surface area contributed by atoms with Crippen molar-refractivity contribution in [3.63, 3.8) is 0 Å². The summed E-state index contributed by atoms with van der Waals surface area (Å²) in [6, 6.07) is 0. The molecule has 8 nitrogen and oxygen atoms in total. The Morgan fingerprint density at radius 3 is 1.19 bits per heavy atom. The lowest BCUT2D eigenvalue weighted by Gasteiger charge is -2.05. The summed E-state index contributed by atoms with van der Waals surface area (Å²) < 4.78 is 9.86. The van der Waals surface area contributed by atoms with Crippen molar-refractivity contribution >= 4 is 23.9 Å². The van der Waals surface area contributed by atoms with E-state index >= 15 is 0 Å². The van der Waals surface area contributed by atoms with Gasteiger partial charge >= 0.3 is 23.9 Å². The normalized spacial score (nSPS) is 10.3. The molecule has 0 amide bonds. The van der Waals surface area contributed by atoms with Crippen molar-refractivity contribution in [3.8, 4) is 0 Å². The van der Waals surface area contributed by atoms with Crippen molar-refractivity contribution in [2.24, 2.45) is 0 Å². The van der Waals surface area contributed by atoms with Crippen molar-refractivity contribution in [3.05, 3.63) is 0 Å². The number of carbonyl (C=O) groups is 4. The Morgan fingerprint density at radius 1 is 0.500 bits per heavy atom. The number of unbranched alkanes of at least 4 members (excludes halogenated alkanes) is 5. The maximum absolute atomic E-state index is 11.4. The predicted molar refractivity (Wildman–Crippen MR) is 92.6 cm³/mol. The van der Waals surface area contributed by atoms with Crippen molar-refractivity contribution in [2.45, 2.75) is 77.0 Å². The topological polar surface area (TPSA) is 127 Å². The zero-order valence-electron chi connectivity index (χ0n) is 15.2. The third kappa shape index (κ3) is 18.2. The van der Waals surface area contributed by atoms with Crippen molar-refractivity contribution in [1.82, 2.24) is 0 Å². The Morgan fingerprint density at radius 2 is 0.846 bits per heavy atom. The molecule has 0 fully saturated rings. The minimum atomic E-state index is -0.896. The highest BCUT2D eigenvalue weighted by Gasteiger charge is 2.05. The third-order valence-corrected chi connectivity index (χ3v) is 3.61. The van der Waals surface area contributed by atoms with Gasteiger partial charge in [0, 0.05) is 25.7 Å². The number of ether oxygens (including phenoxy) is 2. The fraction of sp³-hybridized carbons (Fsp3) is 0.778. The van der Waals surface area contributed by atoms with Gasteiger partial charge in [0.2, 0.25) is 0 Å². The van der Waals surface area contributed by atoms with Gasteiger partial charge in [-0.2, -0.15) is 0 Å². The lowest BCUT2D eigenvalue weighted by Crippen LogP contribution is -2.07. The molecule has 0 rings (SSSR count). The van der Waals surface area contributed by atoms with Gasteiger partial charge in [-0.25, -0.2) is 0 Å². The fourth-order valence-electron chi connectivity index (χ4n) is 2.21. The summed E-state index contributed by atoms with van der Waals surface area (Å²) in [6.07, 6.45) is 6.60. The van der Waals surface area contributed by atoms with E-state index in [0.717, 1.165) is 38.5 Å². The van der Waals surface area contributed by atoms with Crippen LogP contribution < -0.4 is 0 Å². The van der Waals surface area contributed by atoms with Gasteiger partial charge in [0.05, 0.1) is 13.2 Å². The molecule has 0 saturated heterocycles. The van der Waals surface area contributed by atoms with Gasteiger partial charge in [-0.05, 0) is 25.7 Å². The molecule has 0 atom stereocenters. The second-order valence-corrected chi connectivity index (χ2v) is 6.06. The number of carboxylic acids is 2. The van der Waals surface area contributed by atoms with Gasteiger partial charge in [-0.1, -0.05) is 25.7 Å². The van der Waals surface area contributed by atoms with Crippen LogP contribution in [0.15, 0.2) is 0 Å². The standard InChI is InChI=1S/C18H30O8/c19-15(20)9-7-13-25-17(23)11-5-3-1-2-4-6-12-18(24)26-14-8-10-16(21)22/h1-14H2,(H,19,20)(H,21,22). The smallest absolute Gasteiger partial charge is 0.305 e. The summed E-state index contributed by atoms with van der Waals surface area (Å²) >= 11 is 0. The number of carbonyl (C=O) groups excluding carboxylic acids is 2. The summed E-state index contributed by atoms with van der Waals surface area (Å²) in [5.74, 6) is -2.37. The molecule has 0 radical (unpaired) electrons. The Labute approximate surface area is 153 Å². The van der Waals surface area contributed by atoms with Crippen LogP contribution in [0.3, 0.4) is 0 Å². The van der Waals surface area contributed by atoms with Crippen LogP contribution in [-0.4, -0.2) is 47.3 Å². The highest BCUT2D eigenvalue weighted by molar-refractivity contribution is 5.70. The largest absolute Gasteiger partial charge is 0.481 e. The number of hydrogen-bond acceptors (Lipinski definition) is 6. The number of rotatable bonds is 17. The lowest BCUT2D eigenvalue weighted by molar-refractivity contribution is -0.145. The number of carboxylic acid groups (broad SMARTS) is 2. The van der Waals surface area contributed by atoms with E-state index in [2.05, 4.69) is 0 Å². The van der Waals surface area contributed by atoms with Crippen LogP contribution in [0.2, 0.25) is 0 Å². The van der Waals surface area contributed by atoms with Crippen LogP contribution in [0.5, 0.6) is 0 Å². The van der Waals surface area contributed by atoms with E-state index in [9.17, 15) is 19.2 Å². The second kappa shape index (κ2) is 16.4. The third-order valence-electron chi connectivity index (χ3n) is 3.61. The summed E-state index contributed by atoms with van der Waals surface area (Å²) in [5.41, 5.74) is 0. The highest BCUT2D eigenvalue weighted by atomic mass is 16.5. The summed E-state index contributed by atoms with van der Waals surface area (Å²) in [5, 5.41) is 16.9. The molecule has 0 heterocycles. The first-order valence-corrected chi connectivity index (χ1v) is 9.16. The molecule has 26 heavy (non-hydrogen) atoms. The van der Waals surface area contributed by atoms with Crippen molar-refractivity contribution in [1.29, 1.82) is 0 Å². The van der Waals surface area contributed by atoms with Gasteiger partial charge in [-0.3, -0.25) is 19.2 Å². The first-order valence-electron chi connectivity index (χ1n) is 9.16.